The summed E-state index contributed by atoms with van der Waals surface area (Å²) >= 11 is 0. The Morgan fingerprint density at radius 2 is 1.79 bits per heavy atom. The minimum Gasteiger partial charge on any atom is -0.326 e. The van der Waals surface area contributed by atoms with E-state index in [4.69, 9.17) is 0 Å². The Bertz CT molecular complexity index is 1100. The SMILES string of the molecule is O=C(c1cnc2ccccc2n1)N1CCN(c2ccnc(C(F)(F)F)c2)C(=O)C1. The van der Waals surface area contributed by atoms with E-state index in [2.05, 4.69) is 15.0 Å². The number of pyridine rings is 1. The number of piperazine rings is 1. The highest BCUT2D eigenvalue weighted by Gasteiger charge is 2.34. The minimum absolute atomic E-state index is 0.0624. The normalized spacial score (nSPS) is 15.1. The van der Waals surface area contributed by atoms with Gasteiger partial charge in [-0.1, -0.05) is 12.1 Å². The highest BCUT2D eigenvalue weighted by molar-refractivity contribution is 6.01. The van der Waals surface area contributed by atoms with Crippen LogP contribution in [-0.4, -0.2) is 51.3 Å². The largest absolute Gasteiger partial charge is 0.433 e. The molecule has 0 spiro atoms. The maximum atomic E-state index is 12.9. The van der Waals surface area contributed by atoms with Crippen LogP contribution in [0.15, 0.2) is 48.8 Å². The van der Waals surface area contributed by atoms with E-state index in [0.29, 0.717) is 11.0 Å². The third kappa shape index (κ3) is 3.73. The smallest absolute Gasteiger partial charge is 0.326 e. The van der Waals surface area contributed by atoms with Gasteiger partial charge in [0.2, 0.25) is 5.91 Å². The van der Waals surface area contributed by atoms with Crippen molar-refractivity contribution in [3.8, 4) is 0 Å². The molecule has 0 saturated carbocycles. The fourth-order valence-electron chi connectivity index (χ4n) is 3.08. The van der Waals surface area contributed by atoms with Crippen molar-refractivity contribution in [2.45, 2.75) is 6.18 Å². The van der Waals surface area contributed by atoms with Gasteiger partial charge in [-0.05, 0) is 24.3 Å². The predicted octanol–water partition coefficient (Wildman–Crippen LogP) is 2.53. The second-order valence-corrected chi connectivity index (χ2v) is 6.41. The molecule has 3 aromatic rings. The number of amides is 2. The number of alkyl halides is 3. The van der Waals surface area contributed by atoms with Gasteiger partial charge in [-0.2, -0.15) is 13.2 Å². The zero-order valence-electron chi connectivity index (χ0n) is 14.9. The number of anilines is 1. The summed E-state index contributed by atoms with van der Waals surface area (Å²) in [6, 6.07) is 9.23. The molecule has 29 heavy (non-hydrogen) atoms. The Labute approximate surface area is 162 Å². The highest BCUT2D eigenvalue weighted by Crippen LogP contribution is 2.30. The molecule has 2 amide bonds. The Morgan fingerprint density at radius 3 is 2.52 bits per heavy atom. The number of para-hydroxylation sites is 2. The van der Waals surface area contributed by atoms with Crippen LogP contribution in [0, 0.1) is 0 Å². The summed E-state index contributed by atoms with van der Waals surface area (Å²) in [4.78, 5) is 39.5. The van der Waals surface area contributed by atoms with Crippen LogP contribution in [0.3, 0.4) is 0 Å². The van der Waals surface area contributed by atoms with Crippen LogP contribution in [0.5, 0.6) is 0 Å². The first-order chi connectivity index (χ1) is 13.8. The molecule has 10 heteroatoms. The van der Waals surface area contributed by atoms with Crippen molar-refractivity contribution < 1.29 is 22.8 Å². The van der Waals surface area contributed by atoms with E-state index in [1.54, 1.807) is 24.3 Å². The van der Waals surface area contributed by atoms with Crippen molar-refractivity contribution >= 4 is 28.5 Å². The number of rotatable bonds is 2. The molecule has 0 radical (unpaired) electrons. The molecule has 0 unspecified atom stereocenters. The summed E-state index contributed by atoms with van der Waals surface area (Å²) in [5.41, 5.74) is 0.318. The minimum atomic E-state index is -4.61. The molecule has 7 nitrogen and oxygen atoms in total. The average molecular weight is 401 g/mol. The molecule has 1 saturated heterocycles. The van der Waals surface area contributed by atoms with E-state index in [1.165, 1.54) is 22.1 Å². The fourth-order valence-corrected chi connectivity index (χ4v) is 3.08. The number of aromatic nitrogens is 3. The molecule has 2 aromatic heterocycles. The molecule has 0 atom stereocenters. The van der Waals surface area contributed by atoms with Gasteiger partial charge < -0.3 is 9.80 Å². The molecule has 3 heterocycles. The lowest BCUT2D eigenvalue weighted by atomic mass is 10.2. The summed E-state index contributed by atoms with van der Waals surface area (Å²) in [5.74, 6) is -0.945. The lowest BCUT2D eigenvalue weighted by molar-refractivity contribution is -0.141. The third-order valence-electron chi connectivity index (χ3n) is 4.52. The number of halogens is 3. The first kappa shape index (κ1) is 18.8. The van der Waals surface area contributed by atoms with E-state index in [1.807, 2.05) is 0 Å². The zero-order chi connectivity index (χ0) is 20.6. The molecule has 1 aliphatic rings. The molecule has 1 fully saturated rings. The predicted molar refractivity (Wildman–Crippen MR) is 97.0 cm³/mol. The Balaban J connectivity index is 1.51. The van der Waals surface area contributed by atoms with Gasteiger partial charge in [0.1, 0.15) is 17.9 Å². The standard InChI is InChI=1S/C19H14F3N5O2/c20-19(21,22)16-9-12(5-6-23-16)27-8-7-26(11-17(27)28)18(29)15-10-24-13-3-1-2-4-14(13)25-15/h1-6,9-10H,7-8,11H2. The first-order valence-electron chi connectivity index (χ1n) is 8.67. The number of hydrogen-bond donors (Lipinski definition) is 0. The monoisotopic (exact) mass is 401 g/mol. The molecule has 0 bridgehead atoms. The highest BCUT2D eigenvalue weighted by atomic mass is 19.4. The van der Waals surface area contributed by atoms with E-state index >= 15 is 0 Å². The third-order valence-corrected chi connectivity index (χ3v) is 4.52. The van der Waals surface area contributed by atoms with Crippen LogP contribution in [0.1, 0.15) is 16.2 Å². The maximum Gasteiger partial charge on any atom is 0.433 e. The van der Waals surface area contributed by atoms with Crippen molar-refractivity contribution in [2.75, 3.05) is 24.5 Å². The summed E-state index contributed by atoms with van der Waals surface area (Å²) in [7, 11) is 0. The fraction of sp³-hybridized carbons (Fsp3) is 0.211. The first-order valence-corrected chi connectivity index (χ1v) is 8.67. The van der Waals surface area contributed by atoms with Crippen LogP contribution < -0.4 is 4.90 Å². The summed E-state index contributed by atoms with van der Waals surface area (Å²) in [6.45, 7) is -0.0489. The number of fused-ring (bicyclic) bond motifs is 1. The van der Waals surface area contributed by atoms with Gasteiger partial charge in [-0.25, -0.2) is 4.98 Å². The van der Waals surface area contributed by atoms with Gasteiger partial charge in [0.05, 0.1) is 17.2 Å². The number of carbonyl (C=O) groups excluding carboxylic acids is 2. The molecule has 0 aliphatic carbocycles. The van der Waals surface area contributed by atoms with Gasteiger partial charge in [0, 0.05) is 25.0 Å². The lowest BCUT2D eigenvalue weighted by Gasteiger charge is -2.34. The second kappa shape index (κ2) is 7.12. The quantitative estimate of drug-likeness (QED) is 0.659. The van der Waals surface area contributed by atoms with Gasteiger partial charge >= 0.3 is 6.18 Å². The molecular formula is C19H14F3N5O2. The zero-order valence-corrected chi connectivity index (χ0v) is 14.9. The topological polar surface area (TPSA) is 79.3 Å². The molecule has 1 aliphatic heterocycles. The Hall–Kier alpha value is -3.56. The van der Waals surface area contributed by atoms with Gasteiger partial charge in [0.15, 0.2) is 0 Å². The Morgan fingerprint density at radius 1 is 1.03 bits per heavy atom. The molecular weight excluding hydrogens is 387 g/mol. The average Bonchev–Trinajstić information content (AvgIpc) is 2.72. The van der Waals surface area contributed by atoms with Crippen LogP contribution in [-0.2, 0) is 11.0 Å². The van der Waals surface area contributed by atoms with Crippen molar-refractivity contribution in [2.24, 2.45) is 0 Å². The van der Waals surface area contributed by atoms with E-state index in [9.17, 15) is 22.8 Å². The van der Waals surface area contributed by atoms with Crippen molar-refractivity contribution in [3.05, 3.63) is 60.2 Å². The van der Waals surface area contributed by atoms with Crippen molar-refractivity contribution in [1.29, 1.82) is 0 Å². The van der Waals surface area contributed by atoms with Gasteiger partial charge in [0.25, 0.3) is 5.91 Å². The summed E-state index contributed by atoms with van der Waals surface area (Å²) in [5, 5.41) is 0. The second-order valence-electron chi connectivity index (χ2n) is 6.41. The Kier molecular flexibility index (Phi) is 4.61. The van der Waals surface area contributed by atoms with Gasteiger partial charge in [-0.3, -0.25) is 19.6 Å². The van der Waals surface area contributed by atoms with Crippen LogP contribution >= 0.6 is 0 Å². The number of hydrogen-bond acceptors (Lipinski definition) is 5. The van der Waals surface area contributed by atoms with E-state index in [0.717, 1.165) is 12.3 Å². The molecule has 0 N–H and O–H groups in total. The number of benzene rings is 1. The molecule has 4 rings (SSSR count). The number of nitrogens with zero attached hydrogens (tertiary/aromatic N) is 5. The van der Waals surface area contributed by atoms with Crippen LogP contribution in [0.4, 0.5) is 18.9 Å². The molecule has 148 valence electrons. The maximum absolute atomic E-state index is 12.9. The lowest BCUT2D eigenvalue weighted by Crippen LogP contribution is -2.52. The summed E-state index contributed by atoms with van der Waals surface area (Å²) < 4.78 is 38.6. The van der Waals surface area contributed by atoms with Crippen LogP contribution in [0.25, 0.3) is 11.0 Å². The van der Waals surface area contributed by atoms with Gasteiger partial charge in [-0.15, -0.1) is 0 Å². The van der Waals surface area contributed by atoms with Crippen LogP contribution in [0.2, 0.25) is 0 Å². The molecule has 1 aromatic carbocycles. The number of carbonyl (C=O) groups is 2. The van der Waals surface area contributed by atoms with E-state index in [-0.39, 0.29) is 31.0 Å². The van der Waals surface area contributed by atoms with Crippen molar-refractivity contribution in [3.63, 3.8) is 0 Å². The summed E-state index contributed by atoms with van der Waals surface area (Å²) in [6.07, 6.45) is -2.25. The van der Waals surface area contributed by atoms with E-state index < -0.39 is 23.7 Å². The van der Waals surface area contributed by atoms with Crippen molar-refractivity contribution in [1.82, 2.24) is 19.9 Å².